The van der Waals surface area contributed by atoms with Crippen molar-refractivity contribution in [3.05, 3.63) is 59.3 Å². The Bertz CT molecular complexity index is 1240. The second kappa shape index (κ2) is 8.83. The number of ether oxygens (including phenoxy) is 1. The van der Waals surface area contributed by atoms with E-state index in [-0.39, 0.29) is 5.91 Å². The van der Waals surface area contributed by atoms with E-state index in [4.69, 9.17) is 20.8 Å². The lowest BCUT2D eigenvalue weighted by Gasteiger charge is -2.13. The van der Waals surface area contributed by atoms with Gasteiger partial charge in [-0.05, 0) is 50.5 Å². The first-order valence-electron chi connectivity index (χ1n) is 9.80. The molecule has 0 unspecified atom stereocenters. The van der Waals surface area contributed by atoms with Gasteiger partial charge in [0.05, 0.1) is 28.7 Å². The molecule has 0 saturated heterocycles. The number of fused-ring (bicyclic) bond motifs is 2. The summed E-state index contributed by atoms with van der Waals surface area (Å²) in [6.45, 7) is 1.38. The van der Waals surface area contributed by atoms with Crippen LogP contribution in [-0.2, 0) is 0 Å². The molecule has 4 rings (SSSR count). The van der Waals surface area contributed by atoms with Crippen LogP contribution < -0.4 is 15.4 Å². The number of likely N-dealkylation sites (N-methyl/N-ethyl adjacent to an activating group) is 1. The van der Waals surface area contributed by atoms with Crippen LogP contribution in [0.1, 0.15) is 10.4 Å². The molecule has 0 fully saturated rings. The van der Waals surface area contributed by atoms with E-state index in [1.165, 1.54) is 6.26 Å². The van der Waals surface area contributed by atoms with Crippen LogP contribution in [0.5, 0.6) is 5.75 Å². The minimum absolute atomic E-state index is 0.102. The number of pyridine rings is 1. The first-order valence-corrected chi connectivity index (χ1v) is 10.2. The van der Waals surface area contributed by atoms with E-state index in [9.17, 15) is 4.79 Å². The topological polar surface area (TPSA) is 79.6 Å². The van der Waals surface area contributed by atoms with Gasteiger partial charge in [0.2, 0.25) is 5.71 Å². The molecule has 2 heterocycles. The molecule has 0 spiro atoms. The summed E-state index contributed by atoms with van der Waals surface area (Å²) >= 11 is 6.39. The highest BCUT2D eigenvalue weighted by Crippen LogP contribution is 2.39. The number of rotatable bonds is 7. The van der Waals surface area contributed by atoms with Gasteiger partial charge in [-0.25, -0.2) is 4.98 Å². The summed E-state index contributed by atoms with van der Waals surface area (Å²) in [5.41, 5.74) is 3.35. The van der Waals surface area contributed by atoms with E-state index in [0.717, 1.165) is 28.8 Å². The summed E-state index contributed by atoms with van der Waals surface area (Å²) in [4.78, 5) is 18.9. The van der Waals surface area contributed by atoms with Gasteiger partial charge in [-0.3, -0.25) is 4.79 Å². The number of amides is 1. The maximum atomic E-state index is 12.3. The number of methoxy groups -OCH3 is 1. The average molecular weight is 439 g/mol. The predicted molar refractivity (Wildman–Crippen MR) is 124 cm³/mol. The lowest BCUT2D eigenvalue weighted by molar-refractivity contribution is 0.0951. The molecule has 7 nitrogen and oxygen atoms in total. The zero-order valence-electron chi connectivity index (χ0n) is 17.5. The summed E-state index contributed by atoms with van der Waals surface area (Å²) in [5.74, 6) is 0.600. The third-order valence-corrected chi connectivity index (χ3v) is 5.21. The highest BCUT2D eigenvalue weighted by atomic mass is 35.5. The molecule has 4 aromatic rings. The van der Waals surface area contributed by atoms with Gasteiger partial charge < -0.3 is 24.7 Å². The SMILES string of the molecule is COc1ccc2c(Nc3ccc(C(=O)NCCN(C)C)cc3)c3c(Cl)coc3nc2c1. The Kier molecular flexibility index (Phi) is 5.97. The Morgan fingerprint density at radius 1 is 1.19 bits per heavy atom. The lowest BCUT2D eigenvalue weighted by Crippen LogP contribution is -2.31. The number of carbonyl (C=O) groups excluding carboxylic acids is 1. The second-order valence-corrected chi connectivity index (χ2v) is 7.80. The monoisotopic (exact) mass is 438 g/mol. The van der Waals surface area contributed by atoms with E-state index in [1.807, 2.05) is 49.3 Å². The van der Waals surface area contributed by atoms with E-state index in [0.29, 0.717) is 34.0 Å². The van der Waals surface area contributed by atoms with Crippen molar-refractivity contribution in [1.29, 1.82) is 0 Å². The van der Waals surface area contributed by atoms with Gasteiger partial charge in [0.1, 0.15) is 12.0 Å². The van der Waals surface area contributed by atoms with Crippen LogP contribution in [0.3, 0.4) is 0 Å². The molecule has 160 valence electrons. The minimum atomic E-state index is -0.102. The van der Waals surface area contributed by atoms with Gasteiger partial charge in [0, 0.05) is 35.8 Å². The first-order chi connectivity index (χ1) is 15.0. The Morgan fingerprint density at radius 3 is 2.68 bits per heavy atom. The van der Waals surface area contributed by atoms with Gasteiger partial charge in [-0.2, -0.15) is 0 Å². The van der Waals surface area contributed by atoms with E-state index in [2.05, 4.69) is 15.6 Å². The van der Waals surface area contributed by atoms with Crippen molar-refractivity contribution >= 4 is 50.9 Å². The van der Waals surface area contributed by atoms with Crippen molar-refractivity contribution in [2.75, 3.05) is 39.6 Å². The third-order valence-electron chi connectivity index (χ3n) is 4.93. The fraction of sp³-hybridized carbons (Fsp3) is 0.217. The molecular formula is C23H23ClN4O3. The molecule has 0 radical (unpaired) electrons. The van der Waals surface area contributed by atoms with E-state index >= 15 is 0 Å². The van der Waals surface area contributed by atoms with Crippen LogP contribution in [0.15, 0.2) is 53.1 Å². The van der Waals surface area contributed by atoms with Crippen molar-refractivity contribution < 1.29 is 13.9 Å². The Hall–Kier alpha value is -3.29. The van der Waals surface area contributed by atoms with Crippen molar-refractivity contribution in [2.24, 2.45) is 0 Å². The normalized spacial score (nSPS) is 11.3. The smallest absolute Gasteiger partial charge is 0.251 e. The maximum Gasteiger partial charge on any atom is 0.251 e. The van der Waals surface area contributed by atoms with Crippen LogP contribution in [0.25, 0.3) is 22.0 Å². The molecule has 0 saturated carbocycles. The zero-order valence-corrected chi connectivity index (χ0v) is 18.3. The third kappa shape index (κ3) is 4.42. The number of benzene rings is 2. The van der Waals surface area contributed by atoms with Crippen molar-refractivity contribution in [1.82, 2.24) is 15.2 Å². The summed E-state index contributed by atoms with van der Waals surface area (Å²) in [7, 11) is 5.55. The number of hydrogen-bond donors (Lipinski definition) is 2. The second-order valence-electron chi connectivity index (χ2n) is 7.40. The highest BCUT2D eigenvalue weighted by Gasteiger charge is 2.16. The number of nitrogens with one attached hydrogen (secondary N) is 2. The number of nitrogens with zero attached hydrogens (tertiary/aromatic N) is 2. The molecule has 1 amide bonds. The molecule has 2 N–H and O–H groups in total. The zero-order chi connectivity index (χ0) is 22.0. The predicted octanol–water partition coefficient (Wildman–Crippen LogP) is 4.68. The summed E-state index contributed by atoms with van der Waals surface area (Å²) in [6.07, 6.45) is 1.47. The van der Waals surface area contributed by atoms with Crippen molar-refractivity contribution in [3.63, 3.8) is 0 Å². The van der Waals surface area contributed by atoms with Crippen LogP contribution in [0.2, 0.25) is 5.02 Å². The number of halogens is 1. The van der Waals surface area contributed by atoms with Crippen LogP contribution in [0.4, 0.5) is 11.4 Å². The largest absolute Gasteiger partial charge is 0.497 e. The number of hydrogen-bond acceptors (Lipinski definition) is 6. The van der Waals surface area contributed by atoms with E-state index < -0.39 is 0 Å². The van der Waals surface area contributed by atoms with Crippen LogP contribution >= 0.6 is 11.6 Å². The van der Waals surface area contributed by atoms with Gasteiger partial charge >= 0.3 is 0 Å². The van der Waals surface area contributed by atoms with Gasteiger partial charge in [-0.1, -0.05) is 11.6 Å². The Balaban J connectivity index is 1.64. The Morgan fingerprint density at radius 2 is 1.97 bits per heavy atom. The molecule has 0 aliphatic heterocycles. The van der Waals surface area contributed by atoms with Crippen LogP contribution in [0, 0.1) is 0 Å². The number of carbonyl (C=O) groups is 1. The van der Waals surface area contributed by atoms with Gasteiger partial charge in [-0.15, -0.1) is 0 Å². The molecule has 31 heavy (non-hydrogen) atoms. The number of anilines is 2. The van der Waals surface area contributed by atoms with Crippen molar-refractivity contribution in [2.45, 2.75) is 0 Å². The highest BCUT2D eigenvalue weighted by molar-refractivity contribution is 6.37. The molecule has 0 aliphatic carbocycles. The molecule has 0 atom stereocenters. The average Bonchev–Trinajstić information content (AvgIpc) is 3.13. The molecular weight excluding hydrogens is 416 g/mol. The van der Waals surface area contributed by atoms with E-state index in [1.54, 1.807) is 19.2 Å². The molecule has 2 aromatic carbocycles. The van der Waals surface area contributed by atoms with Gasteiger partial charge in [0.15, 0.2) is 0 Å². The standard InChI is InChI=1S/C23H23ClN4O3/c1-28(2)11-10-25-22(29)14-4-6-15(7-5-14)26-21-17-9-8-16(30-3)12-19(17)27-23-20(21)18(24)13-31-23/h4-9,12-13H,10-11H2,1-3H3,(H,25,29)(H,26,27). The molecule has 0 bridgehead atoms. The minimum Gasteiger partial charge on any atom is -0.497 e. The van der Waals surface area contributed by atoms with Gasteiger partial charge in [0.25, 0.3) is 5.91 Å². The first kappa shape index (κ1) is 21.0. The molecule has 8 heteroatoms. The quantitative estimate of drug-likeness (QED) is 0.436. The molecule has 2 aromatic heterocycles. The summed E-state index contributed by atoms with van der Waals surface area (Å²) in [5, 5.41) is 8.37. The van der Waals surface area contributed by atoms with Crippen LogP contribution in [-0.4, -0.2) is 50.1 Å². The fourth-order valence-electron chi connectivity index (χ4n) is 3.30. The summed E-state index contributed by atoms with van der Waals surface area (Å²) in [6, 6.07) is 12.9. The Labute approximate surface area is 184 Å². The maximum absolute atomic E-state index is 12.3. The lowest BCUT2D eigenvalue weighted by atomic mass is 10.1. The summed E-state index contributed by atoms with van der Waals surface area (Å²) < 4.78 is 10.8. The molecule has 0 aliphatic rings. The fourth-order valence-corrected chi connectivity index (χ4v) is 3.52. The number of furan rings is 1. The number of aromatic nitrogens is 1. The van der Waals surface area contributed by atoms with Crippen molar-refractivity contribution in [3.8, 4) is 5.75 Å².